The van der Waals surface area contributed by atoms with Crippen molar-refractivity contribution < 1.29 is 14.3 Å². The molecular weight excluding hydrogens is 297 g/mol. The topological polar surface area (TPSA) is 88.2 Å². The van der Waals surface area contributed by atoms with Gasteiger partial charge in [-0.2, -0.15) is 0 Å². The van der Waals surface area contributed by atoms with Crippen LogP contribution >= 0.6 is 11.6 Å². The number of rotatable bonds is 5. The Morgan fingerprint density at radius 2 is 2.24 bits per heavy atom. The molecule has 1 atom stereocenters. The second kappa shape index (κ2) is 6.51. The molecule has 0 saturated carbocycles. The maximum atomic E-state index is 13.1. The van der Waals surface area contributed by atoms with Crippen molar-refractivity contribution in [3.05, 3.63) is 58.5 Å². The quantitative estimate of drug-likeness (QED) is 0.789. The number of nitrogens with one attached hydrogen (secondary N) is 1. The molecule has 1 aromatic carbocycles. The van der Waals surface area contributed by atoms with E-state index in [1.54, 1.807) is 6.07 Å². The first-order valence-corrected chi connectivity index (χ1v) is 6.48. The summed E-state index contributed by atoms with van der Waals surface area (Å²) < 4.78 is 13.1. The van der Waals surface area contributed by atoms with Crippen LogP contribution in [0.5, 0.6) is 0 Å². The molecule has 0 saturated heterocycles. The van der Waals surface area contributed by atoms with Gasteiger partial charge >= 0.3 is 0 Å². The Balaban J connectivity index is 2.04. The monoisotopic (exact) mass is 309 g/mol. The third-order valence-electron chi connectivity index (χ3n) is 2.82. The van der Waals surface area contributed by atoms with Crippen LogP contribution in [0.3, 0.4) is 0 Å². The fraction of sp³-hybridized carbons (Fsp3) is 0.143. The van der Waals surface area contributed by atoms with E-state index in [-0.39, 0.29) is 17.1 Å². The number of carbonyl (C=O) groups is 1. The summed E-state index contributed by atoms with van der Waals surface area (Å²) in [4.78, 5) is 14.9. The number of pyridine rings is 1. The Morgan fingerprint density at radius 1 is 1.48 bits per heavy atom. The van der Waals surface area contributed by atoms with Crippen LogP contribution in [0.15, 0.2) is 36.5 Å². The van der Waals surface area contributed by atoms with Gasteiger partial charge in [-0.3, -0.25) is 4.79 Å². The molecule has 7 heteroatoms. The van der Waals surface area contributed by atoms with E-state index in [1.165, 1.54) is 30.5 Å². The van der Waals surface area contributed by atoms with Crippen LogP contribution in [-0.4, -0.2) is 22.5 Å². The highest BCUT2D eigenvalue weighted by Gasteiger charge is 2.11. The lowest BCUT2D eigenvalue weighted by Crippen LogP contribution is -2.15. The molecule has 2 aromatic rings. The summed E-state index contributed by atoms with van der Waals surface area (Å²) in [6, 6.07) is 7.05. The van der Waals surface area contributed by atoms with Crippen molar-refractivity contribution in [1.82, 2.24) is 4.98 Å². The summed E-state index contributed by atoms with van der Waals surface area (Å²) in [6.45, 7) is 0.0894. The largest absolute Gasteiger partial charge is 0.387 e. The lowest BCUT2D eigenvalue weighted by molar-refractivity contribution is 0.1000. The molecule has 1 unspecified atom stereocenters. The van der Waals surface area contributed by atoms with Crippen molar-refractivity contribution in [1.29, 1.82) is 0 Å². The smallest absolute Gasteiger partial charge is 0.250 e. The molecule has 0 bridgehead atoms. The number of nitrogens with zero attached hydrogens (tertiary/aromatic N) is 1. The molecule has 110 valence electrons. The van der Waals surface area contributed by atoms with E-state index < -0.39 is 17.8 Å². The molecule has 1 aromatic heterocycles. The van der Waals surface area contributed by atoms with E-state index in [1.807, 2.05) is 0 Å². The number of halogens is 2. The zero-order valence-electron chi connectivity index (χ0n) is 10.9. The zero-order valence-corrected chi connectivity index (χ0v) is 11.6. The van der Waals surface area contributed by atoms with Crippen LogP contribution in [-0.2, 0) is 0 Å². The van der Waals surface area contributed by atoms with E-state index in [2.05, 4.69) is 10.3 Å². The Bertz CT molecular complexity index is 666. The number of hydrogen-bond donors (Lipinski definition) is 3. The van der Waals surface area contributed by atoms with Gasteiger partial charge in [0, 0.05) is 12.7 Å². The summed E-state index contributed by atoms with van der Waals surface area (Å²) in [5, 5.41) is 13.0. The van der Waals surface area contributed by atoms with E-state index >= 15 is 0 Å². The standard InChI is InChI=1S/C14H13ClFN3O2/c15-11-5-9(13(17)21)6-18-14(11)19-7-12(20)8-2-1-3-10(16)4-8/h1-6,12,20H,7H2,(H2,17,21)(H,18,19). The SMILES string of the molecule is NC(=O)c1cnc(NCC(O)c2cccc(F)c2)c(Cl)c1. The van der Waals surface area contributed by atoms with Crippen molar-refractivity contribution in [3.8, 4) is 0 Å². The van der Waals surface area contributed by atoms with Crippen molar-refractivity contribution >= 4 is 23.3 Å². The van der Waals surface area contributed by atoms with Gasteiger partial charge in [-0.1, -0.05) is 23.7 Å². The normalized spacial score (nSPS) is 12.0. The molecule has 0 aliphatic rings. The lowest BCUT2D eigenvalue weighted by atomic mass is 10.1. The minimum absolute atomic E-state index is 0.0894. The summed E-state index contributed by atoms with van der Waals surface area (Å²) in [5.74, 6) is -0.749. The fourth-order valence-electron chi connectivity index (χ4n) is 1.73. The molecule has 0 fully saturated rings. The number of aliphatic hydroxyl groups is 1. The summed E-state index contributed by atoms with van der Waals surface area (Å²) in [5.41, 5.74) is 5.74. The van der Waals surface area contributed by atoms with Crippen molar-refractivity contribution in [2.24, 2.45) is 5.73 Å². The van der Waals surface area contributed by atoms with Crippen LogP contribution in [0.25, 0.3) is 0 Å². The van der Waals surface area contributed by atoms with Gasteiger partial charge in [-0.25, -0.2) is 9.37 Å². The third kappa shape index (κ3) is 3.90. The average Bonchev–Trinajstić information content (AvgIpc) is 2.45. The van der Waals surface area contributed by atoms with Gasteiger partial charge in [0.2, 0.25) is 5.91 Å². The van der Waals surface area contributed by atoms with Crippen LogP contribution in [0.4, 0.5) is 10.2 Å². The number of aromatic nitrogens is 1. The van der Waals surface area contributed by atoms with Gasteiger partial charge in [-0.15, -0.1) is 0 Å². The van der Waals surface area contributed by atoms with Gasteiger partial charge in [-0.05, 0) is 23.8 Å². The molecule has 0 aliphatic carbocycles. The van der Waals surface area contributed by atoms with Crippen LogP contribution in [0.2, 0.25) is 5.02 Å². The molecule has 1 heterocycles. The molecule has 4 N–H and O–H groups in total. The maximum absolute atomic E-state index is 13.1. The highest BCUT2D eigenvalue weighted by Crippen LogP contribution is 2.21. The first kappa shape index (κ1) is 15.2. The van der Waals surface area contributed by atoms with Gasteiger partial charge in [0.1, 0.15) is 11.6 Å². The van der Waals surface area contributed by atoms with E-state index in [4.69, 9.17) is 17.3 Å². The van der Waals surface area contributed by atoms with Crippen LogP contribution in [0.1, 0.15) is 22.0 Å². The number of nitrogens with two attached hydrogens (primary N) is 1. The molecular formula is C14H13ClFN3O2. The molecule has 21 heavy (non-hydrogen) atoms. The summed E-state index contributed by atoms with van der Waals surface area (Å²) >= 11 is 5.95. The van der Waals surface area contributed by atoms with Gasteiger partial charge in [0.05, 0.1) is 16.7 Å². The first-order valence-electron chi connectivity index (χ1n) is 6.10. The number of hydrogen-bond acceptors (Lipinski definition) is 4. The van der Waals surface area contributed by atoms with Crippen LogP contribution < -0.4 is 11.1 Å². The third-order valence-corrected chi connectivity index (χ3v) is 3.11. The second-order valence-corrected chi connectivity index (χ2v) is 4.78. The fourth-order valence-corrected chi connectivity index (χ4v) is 1.96. The first-order chi connectivity index (χ1) is 9.97. The Labute approximate surface area is 125 Å². The minimum atomic E-state index is -0.922. The number of benzene rings is 1. The second-order valence-electron chi connectivity index (χ2n) is 4.37. The van der Waals surface area contributed by atoms with E-state index in [0.29, 0.717) is 11.4 Å². The molecule has 0 aliphatic heterocycles. The molecule has 0 radical (unpaired) electrons. The van der Waals surface area contributed by atoms with Gasteiger partial charge in [0.15, 0.2) is 0 Å². The predicted molar refractivity (Wildman–Crippen MR) is 77.6 cm³/mol. The zero-order chi connectivity index (χ0) is 15.4. The Hall–Kier alpha value is -2.18. The summed E-state index contributed by atoms with van der Waals surface area (Å²) in [7, 11) is 0. The number of amides is 1. The number of anilines is 1. The highest BCUT2D eigenvalue weighted by molar-refractivity contribution is 6.33. The lowest BCUT2D eigenvalue weighted by Gasteiger charge is -2.13. The molecule has 2 rings (SSSR count). The number of primary amides is 1. The highest BCUT2D eigenvalue weighted by atomic mass is 35.5. The maximum Gasteiger partial charge on any atom is 0.250 e. The Kier molecular flexibility index (Phi) is 4.72. The number of aliphatic hydroxyl groups excluding tert-OH is 1. The minimum Gasteiger partial charge on any atom is -0.387 e. The average molecular weight is 310 g/mol. The van der Waals surface area contributed by atoms with Gasteiger partial charge < -0.3 is 16.2 Å². The Morgan fingerprint density at radius 3 is 2.86 bits per heavy atom. The molecule has 0 spiro atoms. The van der Waals surface area contributed by atoms with E-state index in [9.17, 15) is 14.3 Å². The van der Waals surface area contributed by atoms with Crippen LogP contribution in [0, 0.1) is 5.82 Å². The van der Waals surface area contributed by atoms with Gasteiger partial charge in [0.25, 0.3) is 0 Å². The number of carbonyl (C=O) groups excluding carboxylic acids is 1. The van der Waals surface area contributed by atoms with E-state index in [0.717, 1.165) is 0 Å². The van der Waals surface area contributed by atoms with Crippen molar-refractivity contribution in [2.45, 2.75) is 6.10 Å². The summed E-state index contributed by atoms with van der Waals surface area (Å²) in [6.07, 6.45) is 0.361. The predicted octanol–water partition coefficient (Wildman–Crippen LogP) is 2.12. The van der Waals surface area contributed by atoms with Crippen molar-refractivity contribution in [3.63, 3.8) is 0 Å². The molecule has 1 amide bonds. The van der Waals surface area contributed by atoms with Crippen molar-refractivity contribution in [2.75, 3.05) is 11.9 Å². The molecule has 5 nitrogen and oxygen atoms in total.